The van der Waals surface area contributed by atoms with Gasteiger partial charge in [0.25, 0.3) is 5.91 Å². The van der Waals surface area contributed by atoms with Crippen LogP contribution < -0.4 is 15.8 Å². The molecule has 0 spiro atoms. The minimum absolute atomic E-state index is 0.0987. The van der Waals surface area contributed by atoms with Gasteiger partial charge in [-0.25, -0.2) is 0 Å². The van der Waals surface area contributed by atoms with Crippen molar-refractivity contribution >= 4 is 11.6 Å². The molecule has 1 fully saturated rings. The number of hydrogen-bond acceptors (Lipinski definition) is 4. The van der Waals surface area contributed by atoms with Crippen LogP contribution in [0.4, 0.5) is 5.69 Å². The van der Waals surface area contributed by atoms with E-state index in [2.05, 4.69) is 12.2 Å². The van der Waals surface area contributed by atoms with E-state index in [-0.39, 0.29) is 11.3 Å². The number of carbonyl (C=O) groups is 1. The molecule has 0 atom stereocenters. The van der Waals surface area contributed by atoms with Gasteiger partial charge in [-0.05, 0) is 36.5 Å². The van der Waals surface area contributed by atoms with Crippen LogP contribution in [0.2, 0.25) is 0 Å². The van der Waals surface area contributed by atoms with Gasteiger partial charge in [-0.15, -0.1) is 0 Å². The summed E-state index contributed by atoms with van der Waals surface area (Å²) in [6.07, 6.45) is 1.92. The molecule has 1 heterocycles. The van der Waals surface area contributed by atoms with Gasteiger partial charge >= 0.3 is 0 Å². The van der Waals surface area contributed by atoms with Crippen LogP contribution >= 0.6 is 0 Å². The predicted molar refractivity (Wildman–Crippen MR) is 77.9 cm³/mol. The van der Waals surface area contributed by atoms with E-state index in [0.717, 1.165) is 26.1 Å². The summed E-state index contributed by atoms with van der Waals surface area (Å²) in [6.45, 7) is 4.32. The molecule has 0 unspecified atom stereocenters. The first-order valence-electron chi connectivity index (χ1n) is 6.83. The lowest BCUT2D eigenvalue weighted by atomic mass is 9.82. The van der Waals surface area contributed by atoms with Gasteiger partial charge in [0.05, 0.1) is 12.7 Å². The lowest BCUT2D eigenvalue weighted by molar-refractivity contribution is 0.0238. The zero-order valence-corrected chi connectivity index (χ0v) is 12.1. The Morgan fingerprint density at radius 2 is 2.15 bits per heavy atom. The van der Waals surface area contributed by atoms with Gasteiger partial charge in [-0.2, -0.15) is 0 Å². The van der Waals surface area contributed by atoms with E-state index in [0.29, 0.717) is 23.5 Å². The molecule has 0 radical (unpaired) electrons. The second kappa shape index (κ2) is 6.13. The third kappa shape index (κ3) is 3.42. The highest BCUT2D eigenvalue weighted by Crippen LogP contribution is 2.29. The minimum atomic E-state index is -0.151. The monoisotopic (exact) mass is 278 g/mol. The number of nitrogens with one attached hydrogen (secondary N) is 1. The summed E-state index contributed by atoms with van der Waals surface area (Å²) in [5.74, 6) is 0.385. The number of carbonyl (C=O) groups excluding carboxylic acids is 1. The van der Waals surface area contributed by atoms with Crippen LogP contribution in [0.15, 0.2) is 18.2 Å². The molecule has 0 aliphatic carbocycles. The van der Waals surface area contributed by atoms with Crippen molar-refractivity contribution in [2.45, 2.75) is 19.8 Å². The molecule has 20 heavy (non-hydrogen) atoms. The zero-order chi connectivity index (χ0) is 14.6. The molecular formula is C15H22N2O3. The number of nitrogens with two attached hydrogens (primary N) is 1. The fourth-order valence-corrected chi connectivity index (χ4v) is 2.33. The highest BCUT2D eigenvalue weighted by molar-refractivity contribution is 5.97. The number of amides is 1. The molecule has 0 bridgehead atoms. The van der Waals surface area contributed by atoms with Gasteiger partial charge in [-0.1, -0.05) is 6.92 Å². The van der Waals surface area contributed by atoms with Crippen LogP contribution in [0.25, 0.3) is 0 Å². The summed E-state index contributed by atoms with van der Waals surface area (Å²) in [6, 6.07) is 5.07. The molecule has 5 nitrogen and oxygen atoms in total. The number of nitrogen functional groups attached to an aromatic ring is 1. The van der Waals surface area contributed by atoms with Crippen molar-refractivity contribution in [2.75, 3.05) is 32.6 Å². The first-order valence-corrected chi connectivity index (χ1v) is 6.83. The van der Waals surface area contributed by atoms with E-state index < -0.39 is 0 Å². The summed E-state index contributed by atoms with van der Waals surface area (Å²) >= 11 is 0. The van der Waals surface area contributed by atoms with Crippen molar-refractivity contribution in [3.63, 3.8) is 0 Å². The van der Waals surface area contributed by atoms with Crippen molar-refractivity contribution in [1.29, 1.82) is 0 Å². The smallest absolute Gasteiger partial charge is 0.255 e. The molecule has 1 saturated heterocycles. The Balaban J connectivity index is 2.03. The maximum atomic E-state index is 12.3. The second-order valence-electron chi connectivity index (χ2n) is 5.57. The lowest BCUT2D eigenvalue weighted by Gasteiger charge is -2.33. The van der Waals surface area contributed by atoms with Crippen LogP contribution in [-0.2, 0) is 4.74 Å². The Morgan fingerprint density at radius 3 is 2.80 bits per heavy atom. The zero-order valence-electron chi connectivity index (χ0n) is 12.1. The fourth-order valence-electron chi connectivity index (χ4n) is 2.33. The summed E-state index contributed by atoms with van der Waals surface area (Å²) in [5, 5.41) is 2.98. The first-order chi connectivity index (χ1) is 9.54. The maximum Gasteiger partial charge on any atom is 0.255 e. The first kappa shape index (κ1) is 14.7. The van der Waals surface area contributed by atoms with Crippen molar-refractivity contribution in [3.05, 3.63) is 23.8 Å². The summed E-state index contributed by atoms with van der Waals surface area (Å²) in [7, 11) is 1.54. The van der Waals surface area contributed by atoms with Gasteiger partial charge < -0.3 is 20.5 Å². The van der Waals surface area contributed by atoms with Crippen LogP contribution in [0, 0.1) is 5.41 Å². The highest BCUT2D eigenvalue weighted by atomic mass is 16.5. The Morgan fingerprint density at radius 1 is 1.45 bits per heavy atom. The Bertz CT molecular complexity index is 482. The number of methoxy groups -OCH3 is 1. The van der Waals surface area contributed by atoms with E-state index >= 15 is 0 Å². The number of ether oxygens (including phenoxy) is 2. The molecule has 1 aliphatic heterocycles. The molecule has 0 aromatic heterocycles. The molecule has 2 rings (SSSR count). The van der Waals surface area contributed by atoms with Crippen molar-refractivity contribution < 1.29 is 14.3 Å². The van der Waals surface area contributed by atoms with Gasteiger partial charge in [0, 0.05) is 25.4 Å². The largest absolute Gasteiger partial charge is 0.496 e. The number of hydrogen-bond donors (Lipinski definition) is 2. The number of rotatable bonds is 4. The van der Waals surface area contributed by atoms with Crippen LogP contribution in [-0.4, -0.2) is 32.8 Å². The molecule has 110 valence electrons. The standard InChI is InChI=1S/C15H22N2O3/c1-15(5-7-20-8-6-15)10-17-14(18)12-9-11(16)3-4-13(12)19-2/h3-4,9H,5-8,10,16H2,1-2H3,(H,17,18). The molecular weight excluding hydrogens is 256 g/mol. The van der Waals surface area contributed by atoms with E-state index in [4.69, 9.17) is 15.2 Å². The van der Waals surface area contributed by atoms with Crippen LogP contribution in [0.5, 0.6) is 5.75 Å². The Hall–Kier alpha value is -1.75. The summed E-state index contributed by atoms with van der Waals surface area (Å²) in [4.78, 5) is 12.3. The molecule has 0 saturated carbocycles. The number of anilines is 1. The third-order valence-corrected chi connectivity index (χ3v) is 3.84. The average Bonchev–Trinajstić information content (AvgIpc) is 2.45. The van der Waals surface area contributed by atoms with E-state index in [1.54, 1.807) is 25.3 Å². The van der Waals surface area contributed by atoms with Crippen molar-refractivity contribution in [3.8, 4) is 5.75 Å². The normalized spacial score (nSPS) is 17.5. The molecule has 1 amide bonds. The summed E-state index contributed by atoms with van der Waals surface area (Å²) < 4.78 is 10.6. The van der Waals surface area contributed by atoms with Gasteiger partial charge in [-0.3, -0.25) is 4.79 Å². The second-order valence-corrected chi connectivity index (χ2v) is 5.57. The van der Waals surface area contributed by atoms with Gasteiger partial charge in [0.2, 0.25) is 0 Å². The number of benzene rings is 1. The SMILES string of the molecule is COc1ccc(N)cc1C(=O)NCC1(C)CCOCC1. The Kier molecular flexibility index (Phi) is 4.49. The van der Waals surface area contributed by atoms with Crippen molar-refractivity contribution in [2.24, 2.45) is 5.41 Å². The lowest BCUT2D eigenvalue weighted by Crippen LogP contribution is -2.39. The highest BCUT2D eigenvalue weighted by Gasteiger charge is 2.28. The minimum Gasteiger partial charge on any atom is -0.496 e. The van der Waals surface area contributed by atoms with Crippen LogP contribution in [0.3, 0.4) is 0 Å². The maximum absolute atomic E-state index is 12.3. The topological polar surface area (TPSA) is 73.6 Å². The quantitative estimate of drug-likeness (QED) is 0.824. The third-order valence-electron chi connectivity index (χ3n) is 3.84. The van der Waals surface area contributed by atoms with Crippen LogP contribution in [0.1, 0.15) is 30.1 Å². The molecule has 5 heteroatoms. The molecule has 1 aromatic carbocycles. The molecule has 3 N–H and O–H groups in total. The van der Waals surface area contributed by atoms with Gasteiger partial charge in [0.1, 0.15) is 5.75 Å². The predicted octanol–water partition coefficient (Wildman–Crippen LogP) is 1.82. The van der Waals surface area contributed by atoms with E-state index in [1.807, 2.05) is 0 Å². The van der Waals surface area contributed by atoms with Gasteiger partial charge in [0.15, 0.2) is 0 Å². The molecule has 1 aromatic rings. The fraction of sp³-hybridized carbons (Fsp3) is 0.533. The Labute approximate surface area is 119 Å². The van der Waals surface area contributed by atoms with E-state index in [9.17, 15) is 4.79 Å². The average molecular weight is 278 g/mol. The van der Waals surface area contributed by atoms with Crippen molar-refractivity contribution in [1.82, 2.24) is 5.32 Å². The summed E-state index contributed by atoms with van der Waals surface area (Å²) in [5.41, 5.74) is 6.86. The molecule has 1 aliphatic rings. The van der Waals surface area contributed by atoms with E-state index in [1.165, 1.54) is 0 Å².